The van der Waals surface area contributed by atoms with Gasteiger partial charge in [0, 0.05) is 24.7 Å². The van der Waals surface area contributed by atoms with Gasteiger partial charge in [0.1, 0.15) is 0 Å². The number of hydrogen-bond donors (Lipinski definition) is 3. The first-order valence-electron chi connectivity index (χ1n) is 3.15. The molecule has 2 unspecified atom stereocenters. The molecule has 1 aliphatic heterocycles. The molecule has 9 heavy (non-hydrogen) atoms. The van der Waals surface area contributed by atoms with Gasteiger partial charge in [0.25, 0.3) is 0 Å². The highest BCUT2D eigenvalue weighted by Crippen LogP contribution is 2.08. The van der Waals surface area contributed by atoms with Crippen LogP contribution >= 0.6 is 0 Å². The van der Waals surface area contributed by atoms with Gasteiger partial charge in [-0.15, -0.1) is 0 Å². The molecule has 0 spiro atoms. The predicted molar refractivity (Wildman–Crippen MR) is 35.8 cm³/mol. The van der Waals surface area contributed by atoms with E-state index in [0.29, 0.717) is 12.3 Å². The van der Waals surface area contributed by atoms with Gasteiger partial charge in [-0.05, 0) is 6.92 Å². The van der Waals surface area contributed by atoms with Crippen molar-refractivity contribution in [1.82, 2.24) is 5.32 Å². The Labute approximate surface area is 54.6 Å². The van der Waals surface area contributed by atoms with Gasteiger partial charge in [-0.25, -0.2) is 0 Å². The second-order valence-electron chi connectivity index (χ2n) is 2.52. The number of aliphatic hydroxyl groups is 1. The smallest absolute Gasteiger partial charge is 0.0756 e. The fourth-order valence-electron chi connectivity index (χ4n) is 1.11. The molecular formula is C6H12N2O. The zero-order chi connectivity index (χ0) is 6.85. The first-order chi connectivity index (χ1) is 4.22. The molecule has 3 N–H and O–H groups in total. The van der Waals surface area contributed by atoms with Crippen molar-refractivity contribution >= 4 is 5.71 Å². The van der Waals surface area contributed by atoms with Crippen LogP contribution in [0.4, 0.5) is 0 Å². The minimum absolute atomic E-state index is 0.0602. The quantitative estimate of drug-likeness (QED) is 0.421. The van der Waals surface area contributed by atoms with E-state index in [2.05, 4.69) is 5.32 Å². The molecule has 0 aromatic rings. The summed E-state index contributed by atoms with van der Waals surface area (Å²) in [5, 5.41) is 19.4. The molecule has 0 aromatic heterocycles. The van der Waals surface area contributed by atoms with Gasteiger partial charge in [-0.2, -0.15) is 0 Å². The van der Waals surface area contributed by atoms with E-state index in [4.69, 9.17) is 10.5 Å². The van der Waals surface area contributed by atoms with Crippen molar-refractivity contribution in [2.45, 2.75) is 13.0 Å². The van der Waals surface area contributed by atoms with E-state index >= 15 is 0 Å². The summed E-state index contributed by atoms with van der Waals surface area (Å²) >= 11 is 0. The van der Waals surface area contributed by atoms with Crippen LogP contribution in [0, 0.1) is 11.3 Å². The molecule has 3 nitrogen and oxygen atoms in total. The van der Waals surface area contributed by atoms with Crippen LogP contribution in [0.2, 0.25) is 0 Å². The van der Waals surface area contributed by atoms with E-state index in [-0.39, 0.29) is 12.0 Å². The number of nitrogens with one attached hydrogen (secondary N) is 2. The van der Waals surface area contributed by atoms with Gasteiger partial charge >= 0.3 is 0 Å². The van der Waals surface area contributed by atoms with Gasteiger partial charge in [-0.3, -0.25) is 0 Å². The molecule has 0 bridgehead atoms. The second-order valence-corrected chi connectivity index (χ2v) is 2.52. The van der Waals surface area contributed by atoms with Crippen molar-refractivity contribution in [2.75, 3.05) is 13.1 Å². The van der Waals surface area contributed by atoms with Crippen LogP contribution in [0.3, 0.4) is 0 Å². The van der Waals surface area contributed by atoms with Crippen molar-refractivity contribution in [3.8, 4) is 0 Å². The number of hydrogen-bond acceptors (Lipinski definition) is 3. The molecule has 0 saturated carbocycles. The average Bonchev–Trinajstić information content (AvgIpc) is 2.13. The van der Waals surface area contributed by atoms with E-state index in [9.17, 15) is 0 Å². The summed E-state index contributed by atoms with van der Waals surface area (Å²) in [4.78, 5) is 0. The lowest BCUT2D eigenvalue weighted by molar-refractivity contribution is 0.174. The lowest BCUT2D eigenvalue weighted by Crippen LogP contribution is -2.23. The molecule has 0 aromatic carbocycles. The fraction of sp³-hybridized carbons (Fsp3) is 0.833. The fourth-order valence-corrected chi connectivity index (χ4v) is 1.11. The van der Waals surface area contributed by atoms with E-state index in [1.54, 1.807) is 6.92 Å². The maximum atomic E-state index is 9.16. The molecular weight excluding hydrogens is 116 g/mol. The zero-order valence-corrected chi connectivity index (χ0v) is 5.52. The van der Waals surface area contributed by atoms with Gasteiger partial charge in [0.15, 0.2) is 0 Å². The number of rotatable bonds is 1. The van der Waals surface area contributed by atoms with Crippen LogP contribution in [-0.4, -0.2) is 30.0 Å². The van der Waals surface area contributed by atoms with Crippen molar-refractivity contribution in [3.63, 3.8) is 0 Å². The summed E-state index contributed by atoms with van der Waals surface area (Å²) in [6.45, 7) is 3.14. The second kappa shape index (κ2) is 2.45. The summed E-state index contributed by atoms with van der Waals surface area (Å²) < 4.78 is 0. The summed E-state index contributed by atoms with van der Waals surface area (Å²) in [6.07, 6.45) is -0.331. The van der Waals surface area contributed by atoms with Crippen LogP contribution in [0.1, 0.15) is 6.92 Å². The van der Waals surface area contributed by atoms with Crippen LogP contribution in [-0.2, 0) is 0 Å². The molecule has 1 heterocycles. The Morgan fingerprint density at radius 3 is 2.56 bits per heavy atom. The summed E-state index contributed by atoms with van der Waals surface area (Å²) in [5.74, 6) is 0.0602. The van der Waals surface area contributed by atoms with E-state index in [0.717, 1.165) is 6.54 Å². The lowest BCUT2D eigenvalue weighted by Gasteiger charge is -2.09. The Kier molecular flexibility index (Phi) is 1.83. The Balaban J connectivity index is 2.49. The topological polar surface area (TPSA) is 56.1 Å². The first kappa shape index (κ1) is 6.71. The highest BCUT2D eigenvalue weighted by Gasteiger charge is 2.25. The third-order valence-electron chi connectivity index (χ3n) is 1.74. The molecule has 1 fully saturated rings. The van der Waals surface area contributed by atoms with Gasteiger partial charge in [0.2, 0.25) is 0 Å². The molecule has 0 amide bonds. The third-order valence-corrected chi connectivity index (χ3v) is 1.74. The van der Waals surface area contributed by atoms with Crippen molar-refractivity contribution in [1.29, 1.82) is 5.41 Å². The highest BCUT2D eigenvalue weighted by molar-refractivity contribution is 5.82. The molecule has 2 atom stereocenters. The van der Waals surface area contributed by atoms with Crippen molar-refractivity contribution < 1.29 is 5.11 Å². The first-order valence-corrected chi connectivity index (χ1v) is 3.15. The average molecular weight is 128 g/mol. The number of β-amino-alcohol motifs (C(OH)–C–C–N with tert-alkyl or cyclic N) is 1. The van der Waals surface area contributed by atoms with E-state index in [1.165, 1.54) is 0 Å². The monoisotopic (exact) mass is 128 g/mol. The molecule has 52 valence electrons. The Bertz CT molecular complexity index is 124. The normalized spacial score (nSPS) is 34.9. The molecule has 1 saturated heterocycles. The van der Waals surface area contributed by atoms with Crippen molar-refractivity contribution in [3.05, 3.63) is 0 Å². The summed E-state index contributed by atoms with van der Waals surface area (Å²) in [5.41, 5.74) is 0.576. The largest absolute Gasteiger partial charge is 0.391 e. The Morgan fingerprint density at radius 2 is 2.33 bits per heavy atom. The highest BCUT2D eigenvalue weighted by atomic mass is 16.3. The van der Waals surface area contributed by atoms with Crippen LogP contribution in [0.5, 0.6) is 0 Å². The van der Waals surface area contributed by atoms with Crippen LogP contribution in [0.25, 0.3) is 0 Å². The summed E-state index contributed by atoms with van der Waals surface area (Å²) in [6, 6.07) is 0. The third kappa shape index (κ3) is 1.28. The van der Waals surface area contributed by atoms with Gasteiger partial charge < -0.3 is 15.8 Å². The predicted octanol–water partition coefficient (Wildman–Crippen LogP) is -0.394. The maximum absolute atomic E-state index is 9.16. The van der Waals surface area contributed by atoms with Crippen LogP contribution < -0.4 is 5.32 Å². The molecule has 0 radical (unpaired) electrons. The maximum Gasteiger partial charge on any atom is 0.0756 e. The van der Waals surface area contributed by atoms with Gasteiger partial charge in [0.05, 0.1) is 6.10 Å². The standard InChI is InChI=1S/C6H12N2O/c1-4(7)5-2-8-3-6(5)9/h5-9H,2-3H2,1H3. The molecule has 0 aliphatic carbocycles. The lowest BCUT2D eigenvalue weighted by atomic mass is 10.0. The van der Waals surface area contributed by atoms with Crippen LogP contribution in [0.15, 0.2) is 0 Å². The minimum atomic E-state index is -0.331. The molecule has 1 rings (SSSR count). The molecule has 1 aliphatic rings. The van der Waals surface area contributed by atoms with E-state index < -0.39 is 0 Å². The Morgan fingerprint density at radius 1 is 1.67 bits per heavy atom. The van der Waals surface area contributed by atoms with Gasteiger partial charge in [-0.1, -0.05) is 0 Å². The zero-order valence-electron chi connectivity index (χ0n) is 5.52. The van der Waals surface area contributed by atoms with E-state index in [1.807, 2.05) is 0 Å². The Hall–Kier alpha value is -0.410. The summed E-state index contributed by atoms with van der Waals surface area (Å²) in [7, 11) is 0. The van der Waals surface area contributed by atoms with Crippen molar-refractivity contribution in [2.24, 2.45) is 5.92 Å². The SMILES string of the molecule is CC(=N)C1CNCC1O. The number of aliphatic hydroxyl groups excluding tert-OH is 1. The minimum Gasteiger partial charge on any atom is -0.391 e. The molecule has 3 heteroatoms.